The molecule has 2 aromatic rings. The van der Waals surface area contributed by atoms with Crippen molar-refractivity contribution >= 4 is 17.2 Å². The molecule has 5 heteroatoms. The van der Waals surface area contributed by atoms with Gasteiger partial charge >= 0.3 is 0 Å². The summed E-state index contributed by atoms with van der Waals surface area (Å²) >= 11 is 1.63. The molecular weight excluding hydrogens is 258 g/mol. The molecule has 0 saturated carbocycles. The van der Waals surface area contributed by atoms with Crippen molar-refractivity contribution in [2.45, 2.75) is 38.8 Å². The molecule has 0 unspecified atom stereocenters. The molecule has 1 aliphatic rings. The minimum atomic E-state index is 0.118. The van der Waals surface area contributed by atoms with Gasteiger partial charge in [0.05, 0.1) is 12.1 Å². The molecule has 19 heavy (non-hydrogen) atoms. The predicted octanol–water partition coefficient (Wildman–Crippen LogP) is 1.93. The van der Waals surface area contributed by atoms with Gasteiger partial charge in [-0.25, -0.2) is 4.98 Å². The van der Waals surface area contributed by atoms with Crippen LogP contribution in [0.3, 0.4) is 0 Å². The van der Waals surface area contributed by atoms with Crippen molar-refractivity contribution < 1.29 is 4.79 Å². The van der Waals surface area contributed by atoms with Gasteiger partial charge in [-0.3, -0.25) is 4.79 Å². The first-order chi connectivity index (χ1) is 9.20. The largest absolute Gasteiger partial charge is 0.351 e. The Hall–Kier alpha value is -1.62. The molecule has 2 aromatic heterocycles. The number of nitrogens with zero attached hydrogens (tertiary/aromatic N) is 2. The molecule has 4 nitrogen and oxygen atoms in total. The van der Waals surface area contributed by atoms with E-state index >= 15 is 0 Å². The average molecular weight is 275 g/mol. The van der Waals surface area contributed by atoms with Crippen LogP contribution in [0.1, 0.15) is 22.8 Å². The van der Waals surface area contributed by atoms with E-state index in [4.69, 9.17) is 0 Å². The fourth-order valence-corrected chi connectivity index (χ4v) is 3.26. The highest BCUT2D eigenvalue weighted by atomic mass is 32.1. The van der Waals surface area contributed by atoms with Gasteiger partial charge in [-0.2, -0.15) is 0 Å². The lowest BCUT2D eigenvalue weighted by molar-refractivity contribution is -0.121. The van der Waals surface area contributed by atoms with Gasteiger partial charge in [-0.15, -0.1) is 11.3 Å². The van der Waals surface area contributed by atoms with E-state index in [9.17, 15) is 4.79 Å². The number of hydrogen-bond donors (Lipinski definition) is 1. The average Bonchev–Trinajstić information content (AvgIpc) is 2.96. The maximum Gasteiger partial charge on any atom is 0.225 e. The molecule has 0 bridgehead atoms. The lowest BCUT2D eigenvalue weighted by atomic mass is 10.1. The zero-order valence-corrected chi connectivity index (χ0v) is 11.7. The maximum atomic E-state index is 12.0. The predicted molar refractivity (Wildman–Crippen MR) is 75.2 cm³/mol. The van der Waals surface area contributed by atoms with Gasteiger partial charge in [0.25, 0.3) is 0 Å². The van der Waals surface area contributed by atoms with Gasteiger partial charge in [0.2, 0.25) is 5.91 Å². The van der Waals surface area contributed by atoms with Gasteiger partial charge in [0.1, 0.15) is 5.82 Å². The molecule has 0 aromatic carbocycles. The van der Waals surface area contributed by atoms with Crippen molar-refractivity contribution in [3.63, 3.8) is 0 Å². The first-order valence-electron chi connectivity index (χ1n) is 6.55. The number of carbonyl (C=O) groups is 1. The summed E-state index contributed by atoms with van der Waals surface area (Å²) in [5.41, 5.74) is 1.06. The molecule has 0 aliphatic carbocycles. The van der Waals surface area contributed by atoms with Crippen molar-refractivity contribution in [2.75, 3.05) is 0 Å². The van der Waals surface area contributed by atoms with Crippen LogP contribution in [0.15, 0.2) is 23.7 Å². The zero-order chi connectivity index (χ0) is 13.2. The SMILES string of the molecule is Cc1cn2c(n1)CC[C@H](NC(=O)Cc1cccs1)C2. The third kappa shape index (κ3) is 2.87. The number of fused-ring (bicyclic) bond motifs is 1. The molecule has 100 valence electrons. The van der Waals surface area contributed by atoms with E-state index in [1.165, 1.54) is 0 Å². The lowest BCUT2D eigenvalue weighted by Crippen LogP contribution is -2.41. The van der Waals surface area contributed by atoms with Crippen molar-refractivity contribution in [1.82, 2.24) is 14.9 Å². The summed E-state index contributed by atoms with van der Waals surface area (Å²) < 4.78 is 2.16. The van der Waals surface area contributed by atoms with E-state index in [-0.39, 0.29) is 11.9 Å². The topological polar surface area (TPSA) is 46.9 Å². The van der Waals surface area contributed by atoms with E-state index < -0.39 is 0 Å². The molecule has 1 N–H and O–H groups in total. The van der Waals surface area contributed by atoms with Crippen LogP contribution in [0.4, 0.5) is 0 Å². The van der Waals surface area contributed by atoms with Crippen LogP contribution >= 0.6 is 11.3 Å². The lowest BCUT2D eigenvalue weighted by Gasteiger charge is -2.24. The van der Waals surface area contributed by atoms with E-state index in [2.05, 4.69) is 21.1 Å². The summed E-state index contributed by atoms with van der Waals surface area (Å²) in [6.45, 7) is 2.85. The third-order valence-electron chi connectivity index (χ3n) is 3.39. The number of carbonyl (C=O) groups excluding carboxylic acids is 1. The number of imidazole rings is 1. The van der Waals surface area contributed by atoms with Gasteiger partial charge in [0.15, 0.2) is 0 Å². The fourth-order valence-electron chi connectivity index (χ4n) is 2.55. The van der Waals surface area contributed by atoms with E-state index in [0.29, 0.717) is 6.42 Å². The van der Waals surface area contributed by atoms with Crippen LogP contribution in [0, 0.1) is 6.92 Å². The molecule has 0 radical (unpaired) electrons. The Bertz CT molecular complexity index is 574. The molecule has 1 amide bonds. The van der Waals surface area contributed by atoms with Crippen LogP contribution in [0.5, 0.6) is 0 Å². The summed E-state index contributed by atoms with van der Waals surface area (Å²) in [5.74, 6) is 1.26. The van der Waals surface area contributed by atoms with Gasteiger partial charge in [-0.05, 0) is 24.8 Å². The number of aromatic nitrogens is 2. The summed E-state index contributed by atoms with van der Waals surface area (Å²) in [5, 5.41) is 5.13. The molecule has 1 aliphatic heterocycles. The van der Waals surface area contributed by atoms with E-state index in [0.717, 1.165) is 35.8 Å². The highest BCUT2D eigenvalue weighted by Gasteiger charge is 2.21. The van der Waals surface area contributed by atoms with E-state index in [1.807, 2.05) is 24.4 Å². The molecular formula is C14H17N3OS. The fraction of sp³-hybridized carbons (Fsp3) is 0.429. The van der Waals surface area contributed by atoms with Crippen LogP contribution in [0.25, 0.3) is 0 Å². The van der Waals surface area contributed by atoms with E-state index in [1.54, 1.807) is 11.3 Å². The summed E-state index contributed by atoms with van der Waals surface area (Å²) in [6.07, 6.45) is 4.47. The zero-order valence-electron chi connectivity index (χ0n) is 10.9. The standard InChI is InChI=1S/C14H17N3OS/c1-10-8-17-9-11(4-5-13(17)15-10)16-14(18)7-12-3-2-6-19-12/h2-3,6,8,11H,4-5,7,9H2,1H3,(H,16,18)/t11-/m0/s1. The Kier molecular flexibility index (Phi) is 3.38. The van der Waals surface area contributed by atoms with Gasteiger partial charge < -0.3 is 9.88 Å². The van der Waals surface area contributed by atoms with Gasteiger partial charge in [-0.1, -0.05) is 6.07 Å². The van der Waals surface area contributed by atoms with Crippen molar-refractivity contribution in [1.29, 1.82) is 0 Å². The second kappa shape index (κ2) is 5.17. The quantitative estimate of drug-likeness (QED) is 0.930. The van der Waals surface area contributed by atoms with Gasteiger partial charge in [0, 0.05) is 30.1 Å². The minimum Gasteiger partial charge on any atom is -0.351 e. The second-order valence-electron chi connectivity index (χ2n) is 5.01. The molecule has 0 spiro atoms. The highest BCUT2D eigenvalue weighted by Crippen LogP contribution is 2.15. The minimum absolute atomic E-state index is 0.118. The first-order valence-corrected chi connectivity index (χ1v) is 7.43. The number of amides is 1. The van der Waals surface area contributed by atoms with Crippen LogP contribution < -0.4 is 5.32 Å². The van der Waals surface area contributed by atoms with Crippen LogP contribution in [0.2, 0.25) is 0 Å². The Labute approximate surface area is 116 Å². The number of rotatable bonds is 3. The number of aryl methyl sites for hydroxylation is 2. The molecule has 1 atom stereocenters. The van der Waals surface area contributed by atoms with Crippen molar-refractivity contribution in [3.8, 4) is 0 Å². The monoisotopic (exact) mass is 275 g/mol. The first kappa shape index (κ1) is 12.4. The number of hydrogen-bond acceptors (Lipinski definition) is 3. The smallest absolute Gasteiger partial charge is 0.225 e. The Morgan fingerprint density at radius 1 is 1.63 bits per heavy atom. The Balaban J connectivity index is 1.58. The molecule has 0 saturated heterocycles. The molecule has 0 fully saturated rings. The molecule has 3 rings (SSSR count). The normalized spacial score (nSPS) is 18.1. The summed E-state index contributed by atoms with van der Waals surface area (Å²) in [7, 11) is 0. The Morgan fingerprint density at radius 3 is 3.32 bits per heavy atom. The third-order valence-corrected chi connectivity index (χ3v) is 4.27. The summed E-state index contributed by atoms with van der Waals surface area (Å²) in [6, 6.07) is 4.21. The number of nitrogens with one attached hydrogen (secondary N) is 1. The molecule has 3 heterocycles. The number of thiophene rings is 1. The van der Waals surface area contributed by atoms with Crippen molar-refractivity contribution in [2.24, 2.45) is 0 Å². The maximum absolute atomic E-state index is 12.0. The van der Waals surface area contributed by atoms with Crippen LogP contribution in [-0.2, 0) is 24.2 Å². The summed E-state index contributed by atoms with van der Waals surface area (Å²) in [4.78, 5) is 17.6. The van der Waals surface area contributed by atoms with Crippen molar-refractivity contribution in [3.05, 3.63) is 40.1 Å². The highest BCUT2D eigenvalue weighted by molar-refractivity contribution is 7.10. The Morgan fingerprint density at radius 2 is 2.53 bits per heavy atom. The second-order valence-corrected chi connectivity index (χ2v) is 6.04. The van der Waals surface area contributed by atoms with Crippen LogP contribution in [-0.4, -0.2) is 21.5 Å².